The number of pyridine rings is 1. The van der Waals surface area contributed by atoms with E-state index in [1.54, 1.807) is 19.5 Å². The second-order valence-electron chi connectivity index (χ2n) is 5.83. The highest BCUT2D eigenvalue weighted by atomic mass is 35.5. The first-order valence-electron chi connectivity index (χ1n) is 8.21. The molecule has 3 rings (SSSR count). The summed E-state index contributed by atoms with van der Waals surface area (Å²) in [5, 5.41) is 7.12. The van der Waals surface area contributed by atoms with E-state index in [0.717, 1.165) is 22.8 Å². The average Bonchev–Trinajstić information content (AvgIpc) is 2.62. The minimum atomic E-state index is 0.160. The van der Waals surface area contributed by atoms with Crippen molar-refractivity contribution >= 4 is 29.1 Å². The molecule has 0 saturated heterocycles. The minimum absolute atomic E-state index is 0.160. The smallest absolute Gasteiger partial charge is 0.227 e. The number of rotatable bonds is 7. The van der Waals surface area contributed by atoms with Gasteiger partial charge in [-0.2, -0.15) is 0 Å². The van der Waals surface area contributed by atoms with Crippen LogP contribution in [0.3, 0.4) is 0 Å². The Morgan fingerprint density at radius 1 is 1.12 bits per heavy atom. The highest BCUT2D eigenvalue weighted by molar-refractivity contribution is 6.30. The van der Waals surface area contributed by atoms with E-state index in [1.165, 1.54) is 0 Å². The van der Waals surface area contributed by atoms with Crippen LogP contribution in [0.25, 0.3) is 11.3 Å². The van der Waals surface area contributed by atoms with Gasteiger partial charge in [0.2, 0.25) is 5.95 Å². The third-order valence-corrected chi connectivity index (χ3v) is 3.84. The third kappa shape index (κ3) is 4.91. The van der Waals surface area contributed by atoms with Crippen LogP contribution in [0.5, 0.6) is 0 Å². The predicted octanol–water partition coefficient (Wildman–Crippen LogP) is 4.38. The molecule has 0 bridgehead atoms. The molecule has 0 radical (unpaired) electrons. The number of halogens is 1. The van der Waals surface area contributed by atoms with Crippen LogP contribution in [0.2, 0.25) is 5.02 Å². The van der Waals surface area contributed by atoms with Crippen LogP contribution < -0.4 is 10.6 Å². The van der Waals surface area contributed by atoms with Gasteiger partial charge in [-0.15, -0.1) is 0 Å². The van der Waals surface area contributed by atoms with Crippen LogP contribution in [0.4, 0.5) is 17.5 Å². The molecule has 0 spiro atoms. The summed E-state index contributed by atoms with van der Waals surface area (Å²) in [5.74, 6) is 1.28. The molecule has 6 nitrogen and oxygen atoms in total. The normalized spacial score (nSPS) is 11.8. The lowest BCUT2D eigenvalue weighted by atomic mass is 10.2. The Labute approximate surface area is 157 Å². The van der Waals surface area contributed by atoms with Gasteiger partial charge in [-0.3, -0.25) is 0 Å². The lowest BCUT2D eigenvalue weighted by molar-refractivity contribution is 0.190. The fourth-order valence-corrected chi connectivity index (χ4v) is 2.68. The summed E-state index contributed by atoms with van der Waals surface area (Å²) in [5.41, 5.74) is 2.58. The summed E-state index contributed by atoms with van der Waals surface area (Å²) < 4.78 is 5.14. The molecule has 26 heavy (non-hydrogen) atoms. The molecule has 0 fully saturated rings. The molecule has 0 saturated carbocycles. The summed E-state index contributed by atoms with van der Waals surface area (Å²) in [7, 11) is 1.68. The number of anilines is 3. The summed E-state index contributed by atoms with van der Waals surface area (Å²) in [6.45, 7) is 2.64. The molecule has 0 amide bonds. The molecule has 2 N–H and O–H groups in total. The van der Waals surface area contributed by atoms with Crippen molar-refractivity contribution in [1.82, 2.24) is 15.0 Å². The van der Waals surface area contributed by atoms with Crippen molar-refractivity contribution in [1.29, 1.82) is 0 Å². The minimum Gasteiger partial charge on any atom is -0.383 e. The Kier molecular flexibility index (Phi) is 5.99. The van der Waals surface area contributed by atoms with Gasteiger partial charge in [0, 0.05) is 41.8 Å². The number of nitrogens with one attached hydrogen (secondary N) is 2. The highest BCUT2D eigenvalue weighted by Crippen LogP contribution is 2.22. The fraction of sp³-hybridized carbons (Fsp3) is 0.211. The van der Waals surface area contributed by atoms with Crippen molar-refractivity contribution in [2.75, 3.05) is 24.4 Å². The quantitative estimate of drug-likeness (QED) is 0.643. The molecular formula is C19H20ClN5O. The monoisotopic (exact) mass is 369 g/mol. The van der Waals surface area contributed by atoms with Gasteiger partial charge in [-0.05, 0) is 43.3 Å². The number of nitrogens with zero attached hydrogens (tertiary/aromatic N) is 3. The van der Waals surface area contributed by atoms with Crippen LogP contribution in [0, 0.1) is 0 Å². The summed E-state index contributed by atoms with van der Waals surface area (Å²) in [6.07, 6.45) is 3.47. The average molecular weight is 370 g/mol. The van der Waals surface area contributed by atoms with Crippen LogP contribution in [-0.2, 0) is 4.74 Å². The number of methoxy groups -OCH3 is 1. The molecule has 1 aromatic carbocycles. The second kappa shape index (κ2) is 8.60. The standard InChI is InChI=1S/C19H20ClN5O/c1-13(12-26-2)23-18-10-14(6-8-21-18)17-7-9-22-19(25-17)24-16-5-3-4-15(20)11-16/h3-11,13H,12H2,1-2H3,(H,21,23)(H,22,24,25). The Hall–Kier alpha value is -2.70. The van der Waals surface area contributed by atoms with E-state index in [-0.39, 0.29) is 6.04 Å². The predicted molar refractivity (Wildman–Crippen MR) is 105 cm³/mol. The molecule has 0 aliphatic carbocycles. The first-order chi connectivity index (χ1) is 12.6. The van der Waals surface area contributed by atoms with Gasteiger partial charge in [0.25, 0.3) is 0 Å². The van der Waals surface area contributed by atoms with Crippen LogP contribution in [0.15, 0.2) is 54.9 Å². The molecule has 2 heterocycles. The van der Waals surface area contributed by atoms with Crippen molar-refractivity contribution in [3.63, 3.8) is 0 Å². The summed E-state index contributed by atoms with van der Waals surface area (Å²) >= 11 is 6.02. The van der Waals surface area contributed by atoms with Crippen LogP contribution in [0.1, 0.15) is 6.92 Å². The molecule has 0 aliphatic heterocycles. The van der Waals surface area contributed by atoms with E-state index >= 15 is 0 Å². The van der Waals surface area contributed by atoms with Crippen molar-refractivity contribution in [2.24, 2.45) is 0 Å². The van der Waals surface area contributed by atoms with Gasteiger partial charge in [0.05, 0.1) is 12.3 Å². The lowest BCUT2D eigenvalue weighted by Crippen LogP contribution is -2.21. The van der Waals surface area contributed by atoms with Gasteiger partial charge in [0.15, 0.2) is 0 Å². The van der Waals surface area contributed by atoms with Crippen molar-refractivity contribution < 1.29 is 4.74 Å². The SMILES string of the molecule is COCC(C)Nc1cc(-c2ccnc(Nc3cccc(Cl)c3)n2)ccn1. The molecular weight excluding hydrogens is 350 g/mol. The molecule has 2 aromatic heterocycles. The molecule has 134 valence electrons. The van der Waals surface area contributed by atoms with E-state index in [9.17, 15) is 0 Å². The zero-order valence-corrected chi connectivity index (χ0v) is 15.4. The first-order valence-corrected chi connectivity index (χ1v) is 8.59. The number of hydrogen-bond acceptors (Lipinski definition) is 6. The van der Waals surface area contributed by atoms with Crippen molar-refractivity contribution in [2.45, 2.75) is 13.0 Å². The third-order valence-electron chi connectivity index (χ3n) is 3.60. The number of ether oxygens (including phenoxy) is 1. The lowest BCUT2D eigenvalue weighted by Gasteiger charge is -2.14. The number of aromatic nitrogens is 3. The van der Waals surface area contributed by atoms with Crippen LogP contribution >= 0.6 is 11.6 Å². The Bertz CT molecular complexity index is 874. The Balaban J connectivity index is 1.79. The van der Waals surface area contributed by atoms with E-state index in [1.807, 2.05) is 49.4 Å². The summed E-state index contributed by atoms with van der Waals surface area (Å²) in [6, 6.07) is 13.3. The maximum atomic E-state index is 6.02. The Morgan fingerprint density at radius 2 is 1.96 bits per heavy atom. The molecule has 0 aliphatic rings. The largest absolute Gasteiger partial charge is 0.383 e. The zero-order chi connectivity index (χ0) is 18.4. The summed E-state index contributed by atoms with van der Waals surface area (Å²) in [4.78, 5) is 13.2. The van der Waals surface area contributed by atoms with Gasteiger partial charge in [-0.1, -0.05) is 17.7 Å². The fourth-order valence-electron chi connectivity index (χ4n) is 2.49. The van der Waals surface area contributed by atoms with Crippen molar-refractivity contribution in [3.8, 4) is 11.3 Å². The van der Waals surface area contributed by atoms with Gasteiger partial charge < -0.3 is 15.4 Å². The Morgan fingerprint density at radius 3 is 2.77 bits per heavy atom. The van der Waals surface area contributed by atoms with Gasteiger partial charge in [0.1, 0.15) is 5.82 Å². The van der Waals surface area contributed by atoms with E-state index in [4.69, 9.17) is 16.3 Å². The highest BCUT2D eigenvalue weighted by Gasteiger charge is 2.07. The van der Waals surface area contributed by atoms with Crippen LogP contribution in [-0.4, -0.2) is 34.7 Å². The zero-order valence-electron chi connectivity index (χ0n) is 14.6. The van der Waals surface area contributed by atoms with E-state index in [2.05, 4.69) is 25.6 Å². The van der Waals surface area contributed by atoms with Gasteiger partial charge >= 0.3 is 0 Å². The maximum Gasteiger partial charge on any atom is 0.227 e. The van der Waals surface area contributed by atoms with Gasteiger partial charge in [-0.25, -0.2) is 15.0 Å². The molecule has 3 aromatic rings. The van der Waals surface area contributed by atoms with E-state index in [0.29, 0.717) is 17.6 Å². The molecule has 1 atom stereocenters. The topological polar surface area (TPSA) is 72.0 Å². The number of benzene rings is 1. The molecule has 7 heteroatoms. The first kappa shape index (κ1) is 18.1. The van der Waals surface area contributed by atoms with Crippen molar-refractivity contribution in [3.05, 3.63) is 59.9 Å². The maximum absolute atomic E-state index is 6.02. The number of hydrogen-bond donors (Lipinski definition) is 2. The second-order valence-corrected chi connectivity index (χ2v) is 6.27. The molecule has 1 unspecified atom stereocenters. The van der Waals surface area contributed by atoms with E-state index < -0.39 is 0 Å².